The van der Waals surface area contributed by atoms with Crippen molar-refractivity contribution in [2.75, 3.05) is 0 Å². The summed E-state index contributed by atoms with van der Waals surface area (Å²) in [7, 11) is 0. The first-order valence-corrected chi connectivity index (χ1v) is 8.86. The lowest BCUT2D eigenvalue weighted by molar-refractivity contribution is 0.0722. The van der Waals surface area contributed by atoms with Gasteiger partial charge in [-0.3, -0.25) is 14.4 Å². The molecule has 2 aliphatic carbocycles. The minimum atomic E-state index is -0.334. The maximum absolute atomic E-state index is 12.7. The van der Waals surface area contributed by atoms with Crippen LogP contribution in [0.5, 0.6) is 0 Å². The van der Waals surface area contributed by atoms with Gasteiger partial charge in [-0.2, -0.15) is 5.10 Å². The Balaban J connectivity index is 1.46. The lowest BCUT2D eigenvalue weighted by Gasteiger charge is -2.22. The molecule has 2 saturated carbocycles. The average molecular weight is 352 g/mol. The number of carbonyl (C=O) groups excluding carboxylic acids is 2. The lowest BCUT2D eigenvalue weighted by atomic mass is 10.1. The molecule has 0 aliphatic heterocycles. The fraction of sp³-hybridized carbons (Fsp3) is 0.368. The molecule has 0 atom stereocenters. The van der Waals surface area contributed by atoms with Crippen LogP contribution in [-0.2, 0) is 6.54 Å². The Morgan fingerprint density at radius 3 is 2.38 bits per heavy atom. The van der Waals surface area contributed by atoms with Gasteiger partial charge in [-0.25, -0.2) is 5.10 Å². The van der Waals surface area contributed by atoms with Gasteiger partial charge in [0.15, 0.2) is 0 Å². The van der Waals surface area contributed by atoms with Crippen LogP contribution in [0.4, 0.5) is 0 Å². The molecule has 0 unspecified atom stereocenters. The zero-order chi connectivity index (χ0) is 18.1. The van der Waals surface area contributed by atoms with E-state index in [4.69, 9.17) is 0 Å². The fourth-order valence-corrected chi connectivity index (χ4v) is 2.82. The Bertz CT molecular complexity index is 862. The number of amides is 2. The number of H-pyrrole nitrogens is 1. The summed E-state index contributed by atoms with van der Waals surface area (Å²) in [6.07, 6.45) is 4.05. The van der Waals surface area contributed by atoms with Gasteiger partial charge in [0.2, 0.25) is 0 Å². The van der Waals surface area contributed by atoms with Crippen LogP contribution in [0.1, 0.15) is 52.1 Å². The second-order valence-corrected chi connectivity index (χ2v) is 6.92. The third kappa shape index (κ3) is 3.82. The number of aromatic nitrogens is 2. The molecule has 0 saturated heterocycles. The summed E-state index contributed by atoms with van der Waals surface area (Å²) >= 11 is 0. The molecular weight excluding hydrogens is 332 g/mol. The third-order valence-corrected chi connectivity index (χ3v) is 4.63. The van der Waals surface area contributed by atoms with E-state index in [-0.39, 0.29) is 29.1 Å². The van der Waals surface area contributed by atoms with Crippen LogP contribution >= 0.6 is 0 Å². The number of hydrogen-bond donors (Lipinski definition) is 2. The van der Waals surface area contributed by atoms with Crippen molar-refractivity contribution >= 4 is 11.8 Å². The molecule has 7 heteroatoms. The van der Waals surface area contributed by atoms with Crippen LogP contribution in [0.15, 0.2) is 41.2 Å². The zero-order valence-electron chi connectivity index (χ0n) is 14.3. The summed E-state index contributed by atoms with van der Waals surface area (Å²) < 4.78 is 0. The average Bonchev–Trinajstić information content (AvgIpc) is 3.54. The first kappa shape index (κ1) is 16.5. The molecule has 2 aromatic rings. The number of rotatable bonds is 6. The molecule has 26 heavy (non-hydrogen) atoms. The van der Waals surface area contributed by atoms with E-state index in [9.17, 15) is 14.4 Å². The Morgan fingerprint density at radius 1 is 1.08 bits per heavy atom. The van der Waals surface area contributed by atoms with Gasteiger partial charge in [-0.1, -0.05) is 12.1 Å². The van der Waals surface area contributed by atoms with Crippen molar-refractivity contribution in [2.24, 2.45) is 0 Å². The van der Waals surface area contributed by atoms with E-state index in [0.717, 1.165) is 31.2 Å². The van der Waals surface area contributed by atoms with E-state index in [1.165, 1.54) is 12.1 Å². The maximum Gasteiger partial charge on any atom is 0.274 e. The Morgan fingerprint density at radius 2 is 1.81 bits per heavy atom. The van der Waals surface area contributed by atoms with Gasteiger partial charge in [0.1, 0.15) is 5.69 Å². The molecule has 134 valence electrons. The highest BCUT2D eigenvalue weighted by atomic mass is 16.2. The standard InChI is InChI=1S/C19H20N4O3/c24-17-10-9-16(21-22-17)19(26)23(15-7-8-15)11-12-1-3-13(4-2-12)18(25)20-14-5-6-14/h1-4,9-10,14-15H,5-8,11H2,(H,20,25)(H,22,24). The van der Waals surface area contributed by atoms with Crippen molar-refractivity contribution < 1.29 is 9.59 Å². The van der Waals surface area contributed by atoms with Gasteiger partial charge in [0.05, 0.1) is 0 Å². The summed E-state index contributed by atoms with van der Waals surface area (Å²) in [6.45, 7) is 0.453. The van der Waals surface area contributed by atoms with Gasteiger partial charge < -0.3 is 10.2 Å². The number of nitrogens with one attached hydrogen (secondary N) is 2. The van der Waals surface area contributed by atoms with Crippen molar-refractivity contribution in [1.29, 1.82) is 0 Å². The first-order chi connectivity index (χ1) is 12.6. The smallest absolute Gasteiger partial charge is 0.274 e. The summed E-state index contributed by atoms with van der Waals surface area (Å²) in [4.78, 5) is 37.7. The normalized spacial score (nSPS) is 16.2. The number of aromatic amines is 1. The second kappa shape index (κ2) is 6.74. The van der Waals surface area contributed by atoms with Crippen molar-refractivity contribution in [2.45, 2.75) is 44.3 Å². The van der Waals surface area contributed by atoms with E-state index in [2.05, 4.69) is 15.5 Å². The quantitative estimate of drug-likeness (QED) is 0.823. The monoisotopic (exact) mass is 352 g/mol. The Hall–Kier alpha value is -2.96. The molecule has 1 heterocycles. The van der Waals surface area contributed by atoms with Gasteiger partial charge in [0.25, 0.3) is 17.4 Å². The highest BCUT2D eigenvalue weighted by molar-refractivity contribution is 5.94. The summed E-state index contributed by atoms with van der Waals surface area (Å²) in [6, 6.07) is 10.6. The highest BCUT2D eigenvalue weighted by Crippen LogP contribution is 2.29. The van der Waals surface area contributed by atoms with Gasteiger partial charge in [-0.05, 0) is 49.4 Å². The zero-order valence-corrected chi connectivity index (χ0v) is 14.3. The molecule has 2 amide bonds. The summed E-state index contributed by atoms with van der Waals surface area (Å²) in [5, 5.41) is 9.10. The molecule has 2 fully saturated rings. The van der Waals surface area contributed by atoms with Crippen LogP contribution < -0.4 is 10.9 Å². The largest absolute Gasteiger partial charge is 0.349 e. The van der Waals surface area contributed by atoms with Crippen molar-refractivity contribution in [3.63, 3.8) is 0 Å². The van der Waals surface area contributed by atoms with E-state index in [1.54, 1.807) is 17.0 Å². The molecule has 4 rings (SSSR count). The number of benzene rings is 1. The number of nitrogens with zero attached hydrogens (tertiary/aromatic N) is 2. The highest BCUT2D eigenvalue weighted by Gasteiger charge is 2.33. The third-order valence-electron chi connectivity index (χ3n) is 4.63. The van der Waals surface area contributed by atoms with E-state index >= 15 is 0 Å². The molecule has 0 bridgehead atoms. The molecule has 0 spiro atoms. The predicted molar refractivity (Wildman–Crippen MR) is 94.7 cm³/mol. The molecular formula is C19H20N4O3. The Labute approximate surface area is 150 Å². The minimum Gasteiger partial charge on any atom is -0.349 e. The predicted octanol–water partition coefficient (Wildman–Crippen LogP) is 1.47. The topological polar surface area (TPSA) is 95.2 Å². The van der Waals surface area contributed by atoms with Crippen LogP contribution in [0.25, 0.3) is 0 Å². The molecule has 0 radical (unpaired) electrons. The van der Waals surface area contributed by atoms with Crippen molar-refractivity contribution in [1.82, 2.24) is 20.4 Å². The van der Waals surface area contributed by atoms with Gasteiger partial charge in [0, 0.05) is 30.3 Å². The van der Waals surface area contributed by atoms with Crippen LogP contribution in [0.3, 0.4) is 0 Å². The summed E-state index contributed by atoms with van der Waals surface area (Å²) in [5.41, 5.74) is 1.49. The number of hydrogen-bond acceptors (Lipinski definition) is 4. The second-order valence-electron chi connectivity index (χ2n) is 6.92. The maximum atomic E-state index is 12.7. The summed E-state index contributed by atoms with van der Waals surface area (Å²) in [5.74, 6) is -0.245. The molecule has 2 N–H and O–H groups in total. The van der Waals surface area contributed by atoms with Crippen molar-refractivity contribution in [3.8, 4) is 0 Å². The van der Waals surface area contributed by atoms with Gasteiger partial charge >= 0.3 is 0 Å². The molecule has 1 aromatic heterocycles. The van der Waals surface area contributed by atoms with E-state index in [1.807, 2.05) is 12.1 Å². The number of carbonyl (C=O) groups is 2. The lowest BCUT2D eigenvalue weighted by Crippen LogP contribution is -2.33. The van der Waals surface area contributed by atoms with E-state index < -0.39 is 0 Å². The Kier molecular flexibility index (Phi) is 4.28. The fourth-order valence-electron chi connectivity index (χ4n) is 2.82. The molecule has 2 aliphatic rings. The van der Waals surface area contributed by atoms with Crippen LogP contribution in [-0.4, -0.2) is 39.0 Å². The van der Waals surface area contributed by atoms with Crippen molar-refractivity contribution in [3.05, 3.63) is 63.6 Å². The SMILES string of the molecule is O=C(NC1CC1)c1ccc(CN(C(=O)c2ccc(=O)[nH]n2)C2CC2)cc1. The molecule has 1 aromatic carbocycles. The minimum absolute atomic E-state index is 0.0494. The van der Waals surface area contributed by atoms with Crippen LogP contribution in [0.2, 0.25) is 0 Å². The molecule has 7 nitrogen and oxygen atoms in total. The van der Waals surface area contributed by atoms with E-state index in [0.29, 0.717) is 18.2 Å². The first-order valence-electron chi connectivity index (χ1n) is 8.86. The van der Waals surface area contributed by atoms with Gasteiger partial charge in [-0.15, -0.1) is 0 Å². The van der Waals surface area contributed by atoms with Crippen LogP contribution in [0, 0.1) is 0 Å².